The second-order valence-electron chi connectivity index (χ2n) is 7.91. The number of H-pyrrole nitrogens is 1. The highest BCUT2D eigenvalue weighted by atomic mass is 32.2. The summed E-state index contributed by atoms with van der Waals surface area (Å²) in [5.74, 6) is 0.146. The summed E-state index contributed by atoms with van der Waals surface area (Å²) in [6.45, 7) is 3.78. The smallest absolute Gasteiger partial charge is 0.247 e. The van der Waals surface area contributed by atoms with E-state index in [9.17, 15) is 12.8 Å². The van der Waals surface area contributed by atoms with Crippen LogP contribution >= 0.6 is 0 Å². The van der Waals surface area contributed by atoms with Gasteiger partial charge in [-0.1, -0.05) is 12.1 Å². The fraction of sp³-hybridized carbons (Fsp3) is 0.381. The number of rotatable bonds is 5. The van der Waals surface area contributed by atoms with Crippen molar-refractivity contribution in [3.8, 4) is 11.1 Å². The van der Waals surface area contributed by atoms with E-state index in [1.54, 1.807) is 37.1 Å². The quantitative estimate of drug-likeness (QED) is 0.649. The van der Waals surface area contributed by atoms with Crippen LogP contribution in [0.15, 0.2) is 35.4 Å². The fourth-order valence-electron chi connectivity index (χ4n) is 4.05. The lowest BCUT2D eigenvalue weighted by molar-refractivity contribution is 0.390. The van der Waals surface area contributed by atoms with E-state index in [0.29, 0.717) is 48.0 Å². The molecule has 1 atom stereocenters. The van der Waals surface area contributed by atoms with Crippen molar-refractivity contribution in [2.45, 2.75) is 37.6 Å². The maximum absolute atomic E-state index is 13.6. The summed E-state index contributed by atoms with van der Waals surface area (Å²) in [6, 6.07) is 5.61. The molecular weight excluding hydrogens is 419 g/mol. The molecule has 3 heterocycles. The van der Waals surface area contributed by atoms with Gasteiger partial charge in [-0.25, -0.2) is 22.8 Å². The Morgan fingerprint density at radius 1 is 1.19 bits per heavy atom. The first-order valence-electron chi connectivity index (χ1n) is 10.0. The number of anilines is 1. The molecule has 2 aromatic heterocycles. The Balaban J connectivity index is 1.85. The van der Waals surface area contributed by atoms with Gasteiger partial charge in [0.05, 0.1) is 23.1 Å². The van der Waals surface area contributed by atoms with Gasteiger partial charge in [-0.15, -0.1) is 0 Å². The molecule has 0 aliphatic carbocycles. The van der Waals surface area contributed by atoms with Crippen molar-refractivity contribution in [1.29, 1.82) is 0 Å². The molecule has 0 amide bonds. The lowest BCUT2D eigenvalue weighted by Crippen LogP contribution is -2.32. The number of halogens is 1. The summed E-state index contributed by atoms with van der Waals surface area (Å²) in [7, 11) is -0.124. The third kappa shape index (κ3) is 3.81. The van der Waals surface area contributed by atoms with Gasteiger partial charge in [0.25, 0.3) is 0 Å². The summed E-state index contributed by atoms with van der Waals surface area (Å²) < 4.78 is 42.2. The Morgan fingerprint density at radius 3 is 2.52 bits per heavy atom. The second-order valence-corrected chi connectivity index (χ2v) is 9.73. The first-order chi connectivity index (χ1) is 14.7. The molecule has 10 heteroatoms. The van der Waals surface area contributed by atoms with Crippen molar-refractivity contribution >= 4 is 16.0 Å². The second kappa shape index (κ2) is 8.01. The van der Waals surface area contributed by atoms with Crippen molar-refractivity contribution in [2.75, 3.05) is 25.5 Å². The zero-order valence-corrected chi connectivity index (χ0v) is 18.7. The molecule has 1 aliphatic heterocycles. The summed E-state index contributed by atoms with van der Waals surface area (Å²) in [4.78, 5) is 11.1. The molecule has 1 aliphatic rings. The van der Waals surface area contributed by atoms with Gasteiger partial charge in [-0.3, -0.25) is 5.10 Å². The summed E-state index contributed by atoms with van der Waals surface area (Å²) >= 11 is 0. The molecule has 3 aromatic rings. The number of nitrogens with zero attached hydrogens (tertiary/aromatic N) is 5. The van der Waals surface area contributed by atoms with Gasteiger partial charge >= 0.3 is 0 Å². The first-order valence-corrected chi connectivity index (χ1v) is 11.5. The summed E-state index contributed by atoms with van der Waals surface area (Å²) in [6.07, 6.45) is 3.03. The van der Waals surface area contributed by atoms with Crippen molar-refractivity contribution in [2.24, 2.45) is 0 Å². The van der Waals surface area contributed by atoms with Crippen LogP contribution in [0, 0.1) is 19.7 Å². The Hall–Kier alpha value is -2.85. The van der Waals surface area contributed by atoms with Crippen molar-refractivity contribution in [1.82, 2.24) is 24.5 Å². The topological polar surface area (TPSA) is 95.1 Å². The monoisotopic (exact) mass is 444 g/mol. The number of benzene rings is 1. The number of sulfonamides is 1. The Labute approximate surface area is 181 Å². The highest BCUT2D eigenvalue weighted by Gasteiger charge is 2.40. The van der Waals surface area contributed by atoms with E-state index in [0.717, 1.165) is 5.56 Å². The van der Waals surface area contributed by atoms with Gasteiger partial charge in [0.1, 0.15) is 10.7 Å². The Kier molecular flexibility index (Phi) is 5.52. The van der Waals surface area contributed by atoms with Crippen LogP contribution in [0.2, 0.25) is 0 Å². The predicted molar refractivity (Wildman–Crippen MR) is 116 cm³/mol. The largest absolute Gasteiger partial charge is 0.347 e. The molecule has 8 nitrogen and oxygen atoms in total. The molecule has 1 unspecified atom stereocenters. The molecule has 31 heavy (non-hydrogen) atoms. The number of hydrogen-bond acceptors (Lipinski definition) is 6. The van der Waals surface area contributed by atoms with Crippen LogP contribution in [-0.2, 0) is 10.0 Å². The molecule has 0 bridgehead atoms. The van der Waals surface area contributed by atoms with Gasteiger partial charge in [-0.2, -0.15) is 9.40 Å². The van der Waals surface area contributed by atoms with Gasteiger partial charge in [0.15, 0.2) is 0 Å². The zero-order valence-electron chi connectivity index (χ0n) is 17.9. The van der Waals surface area contributed by atoms with Crippen LogP contribution in [0.1, 0.15) is 36.0 Å². The van der Waals surface area contributed by atoms with E-state index in [4.69, 9.17) is 4.98 Å². The van der Waals surface area contributed by atoms with E-state index in [1.165, 1.54) is 16.4 Å². The normalized spacial score (nSPS) is 17.3. The SMILES string of the molecule is Cc1n[nH]c(C)c1S(=O)(=O)N1CCCC1c1nc(N(C)C)ncc1-c1ccc(F)cc1. The van der Waals surface area contributed by atoms with E-state index < -0.39 is 16.1 Å². The number of nitrogens with one attached hydrogen (secondary N) is 1. The molecule has 0 radical (unpaired) electrons. The van der Waals surface area contributed by atoms with Gasteiger partial charge in [0, 0.05) is 32.4 Å². The summed E-state index contributed by atoms with van der Waals surface area (Å²) in [5, 5.41) is 6.83. The number of hydrogen-bond donors (Lipinski definition) is 1. The average Bonchev–Trinajstić information content (AvgIpc) is 3.35. The molecule has 0 spiro atoms. The molecule has 1 fully saturated rings. The molecule has 1 aromatic carbocycles. The minimum atomic E-state index is -3.79. The average molecular weight is 445 g/mol. The van der Waals surface area contributed by atoms with Crippen molar-refractivity contribution in [3.63, 3.8) is 0 Å². The Bertz CT molecular complexity index is 1190. The molecule has 0 saturated carbocycles. The van der Waals surface area contributed by atoms with Crippen LogP contribution < -0.4 is 4.90 Å². The zero-order chi connectivity index (χ0) is 22.3. The van der Waals surface area contributed by atoms with Gasteiger partial charge < -0.3 is 4.90 Å². The standard InChI is InChI=1S/C21H25FN6O2S/c1-13-20(14(2)26-25-13)31(29,30)28-11-5-6-18(28)19-17(12-23-21(24-19)27(3)4)15-7-9-16(22)10-8-15/h7-10,12,18H,5-6,11H2,1-4H3,(H,25,26). The number of aryl methyl sites for hydroxylation is 2. The van der Waals surface area contributed by atoms with Crippen molar-refractivity contribution in [3.05, 3.63) is 53.4 Å². The molecule has 1 saturated heterocycles. The van der Waals surface area contributed by atoms with Gasteiger partial charge in [0.2, 0.25) is 16.0 Å². The Morgan fingerprint density at radius 2 is 1.90 bits per heavy atom. The van der Waals surface area contributed by atoms with E-state index in [2.05, 4.69) is 15.2 Å². The van der Waals surface area contributed by atoms with E-state index >= 15 is 0 Å². The maximum Gasteiger partial charge on any atom is 0.247 e. The molecule has 164 valence electrons. The van der Waals surface area contributed by atoms with E-state index in [1.807, 2.05) is 14.1 Å². The molecule has 4 rings (SSSR count). The third-order valence-electron chi connectivity index (χ3n) is 5.51. The van der Waals surface area contributed by atoms with E-state index in [-0.39, 0.29) is 10.7 Å². The number of aromatic nitrogens is 4. The van der Waals surface area contributed by atoms with Crippen LogP contribution in [0.5, 0.6) is 0 Å². The van der Waals surface area contributed by atoms with Crippen LogP contribution in [-0.4, -0.2) is 53.5 Å². The fourth-order valence-corrected chi connectivity index (χ4v) is 6.04. The minimum Gasteiger partial charge on any atom is -0.347 e. The minimum absolute atomic E-state index is 0.213. The predicted octanol–water partition coefficient (Wildman–Crippen LogP) is 3.21. The lowest BCUT2D eigenvalue weighted by Gasteiger charge is -2.26. The highest BCUT2D eigenvalue weighted by molar-refractivity contribution is 7.89. The van der Waals surface area contributed by atoms with Gasteiger partial charge in [-0.05, 0) is 44.4 Å². The number of aromatic amines is 1. The van der Waals surface area contributed by atoms with Crippen LogP contribution in [0.4, 0.5) is 10.3 Å². The summed E-state index contributed by atoms with van der Waals surface area (Å²) in [5.41, 5.74) is 3.00. The van der Waals surface area contributed by atoms with Crippen LogP contribution in [0.3, 0.4) is 0 Å². The first kappa shape index (κ1) is 21.4. The lowest BCUT2D eigenvalue weighted by atomic mass is 10.0. The highest BCUT2D eigenvalue weighted by Crippen LogP contribution is 2.40. The third-order valence-corrected chi connectivity index (χ3v) is 7.68. The van der Waals surface area contributed by atoms with Crippen molar-refractivity contribution < 1.29 is 12.8 Å². The molecular formula is C21H25FN6O2S. The molecule has 1 N–H and O–H groups in total. The maximum atomic E-state index is 13.6. The van der Waals surface area contributed by atoms with Crippen LogP contribution in [0.25, 0.3) is 11.1 Å².